The summed E-state index contributed by atoms with van der Waals surface area (Å²) < 4.78 is 11.0. The molecule has 0 amide bonds. The van der Waals surface area contributed by atoms with Crippen molar-refractivity contribution < 1.29 is 9.26 Å². The summed E-state index contributed by atoms with van der Waals surface area (Å²) in [7, 11) is 1.57. The maximum Gasteiger partial charge on any atom is 0.259 e. The van der Waals surface area contributed by atoms with Crippen molar-refractivity contribution in [2.24, 2.45) is 5.73 Å². The molecule has 2 aromatic heterocycles. The van der Waals surface area contributed by atoms with Gasteiger partial charge in [0.2, 0.25) is 0 Å². The minimum absolute atomic E-state index is 0.308. The van der Waals surface area contributed by atoms with Gasteiger partial charge in [0, 0.05) is 24.0 Å². The molecule has 0 aliphatic heterocycles. The smallest absolute Gasteiger partial charge is 0.259 e. The fourth-order valence-corrected chi connectivity index (χ4v) is 1.83. The number of hydrogen-bond acceptors (Lipinski definition) is 6. The van der Waals surface area contributed by atoms with Crippen LogP contribution in [0.2, 0.25) is 0 Å². The van der Waals surface area contributed by atoms with E-state index in [-0.39, 0.29) is 0 Å². The number of ether oxygens (including phenoxy) is 1. The number of halogens is 1. The number of aromatic nitrogens is 3. The lowest BCUT2D eigenvalue weighted by Crippen LogP contribution is -2.38. The van der Waals surface area contributed by atoms with Crippen LogP contribution in [0.15, 0.2) is 27.5 Å². The van der Waals surface area contributed by atoms with Crippen LogP contribution in [0.25, 0.3) is 11.5 Å². The van der Waals surface area contributed by atoms with E-state index in [2.05, 4.69) is 31.1 Å². The van der Waals surface area contributed by atoms with Gasteiger partial charge in [0.05, 0.1) is 12.2 Å². The molecule has 0 bridgehead atoms. The molecule has 2 N–H and O–H groups in total. The van der Waals surface area contributed by atoms with Gasteiger partial charge in [-0.3, -0.25) is 4.98 Å². The zero-order valence-electron chi connectivity index (χ0n) is 10.1. The van der Waals surface area contributed by atoms with Gasteiger partial charge >= 0.3 is 0 Å². The second-order valence-corrected chi connectivity index (χ2v) is 5.08. The van der Waals surface area contributed by atoms with Crippen molar-refractivity contribution in [1.29, 1.82) is 0 Å². The predicted molar refractivity (Wildman–Crippen MR) is 68.6 cm³/mol. The monoisotopic (exact) mass is 312 g/mol. The van der Waals surface area contributed by atoms with Gasteiger partial charge in [-0.2, -0.15) is 4.98 Å². The molecule has 18 heavy (non-hydrogen) atoms. The van der Waals surface area contributed by atoms with Crippen molar-refractivity contribution in [3.8, 4) is 11.5 Å². The second kappa shape index (κ2) is 5.13. The summed E-state index contributed by atoms with van der Waals surface area (Å²) in [6.45, 7) is 2.09. The first-order chi connectivity index (χ1) is 8.53. The fourth-order valence-electron chi connectivity index (χ4n) is 1.47. The standard InChI is InChI=1S/C11H13BrN4O2/c1-11(13,6-17-2)10-15-9(18-16-10)7-3-8(12)5-14-4-7/h3-5H,6,13H2,1-2H3. The molecule has 96 valence electrons. The molecule has 0 aromatic carbocycles. The van der Waals surface area contributed by atoms with Crippen LogP contribution in [-0.2, 0) is 10.3 Å². The highest BCUT2D eigenvalue weighted by Gasteiger charge is 2.27. The summed E-state index contributed by atoms with van der Waals surface area (Å²) in [6, 6.07) is 1.84. The third-order valence-corrected chi connectivity index (χ3v) is 2.77. The molecule has 0 saturated heterocycles. The number of nitrogens with zero attached hydrogens (tertiary/aromatic N) is 3. The third-order valence-electron chi connectivity index (χ3n) is 2.33. The van der Waals surface area contributed by atoms with Gasteiger partial charge in [-0.15, -0.1) is 0 Å². The molecule has 7 heteroatoms. The highest BCUT2D eigenvalue weighted by atomic mass is 79.9. The average molecular weight is 313 g/mol. The SMILES string of the molecule is COCC(C)(N)c1noc(-c2cncc(Br)c2)n1. The van der Waals surface area contributed by atoms with Crippen LogP contribution in [0.5, 0.6) is 0 Å². The van der Waals surface area contributed by atoms with Crippen molar-refractivity contribution in [3.63, 3.8) is 0 Å². The Morgan fingerprint density at radius 1 is 1.50 bits per heavy atom. The van der Waals surface area contributed by atoms with Crippen LogP contribution in [-0.4, -0.2) is 28.8 Å². The summed E-state index contributed by atoms with van der Waals surface area (Å²) >= 11 is 3.33. The van der Waals surface area contributed by atoms with E-state index in [4.69, 9.17) is 15.0 Å². The first-order valence-electron chi connectivity index (χ1n) is 5.26. The molecule has 2 heterocycles. The van der Waals surface area contributed by atoms with Gasteiger partial charge in [0.1, 0.15) is 5.54 Å². The highest BCUT2D eigenvalue weighted by Crippen LogP contribution is 2.22. The van der Waals surface area contributed by atoms with Gasteiger partial charge in [-0.05, 0) is 28.9 Å². The first kappa shape index (κ1) is 13.1. The zero-order valence-corrected chi connectivity index (χ0v) is 11.6. The molecule has 2 aromatic rings. The van der Waals surface area contributed by atoms with Crippen molar-refractivity contribution in [2.45, 2.75) is 12.5 Å². The van der Waals surface area contributed by atoms with Crippen LogP contribution in [0.1, 0.15) is 12.7 Å². The average Bonchev–Trinajstić information content (AvgIpc) is 2.78. The van der Waals surface area contributed by atoms with Crippen molar-refractivity contribution in [2.75, 3.05) is 13.7 Å². The highest BCUT2D eigenvalue weighted by molar-refractivity contribution is 9.10. The Bertz CT molecular complexity index is 541. The third kappa shape index (κ3) is 2.74. The van der Waals surface area contributed by atoms with Gasteiger partial charge in [-0.1, -0.05) is 5.16 Å². The predicted octanol–water partition coefficient (Wildman–Crippen LogP) is 1.71. The summed E-state index contributed by atoms with van der Waals surface area (Å²) in [5.41, 5.74) is 5.99. The summed E-state index contributed by atoms with van der Waals surface area (Å²) in [5.74, 6) is 0.783. The second-order valence-electron chi connectivity index (χ2n) is 4.17. The van der Waals surface area contributed by atoms with E-state index in [1.165, 1.54) is 0 Å². The Hall–Kier alpha value is -1.31. The quantitative estimate of drug-likeness (QED) is 0.924. The molecule has 0 aliphatic rings. The van der Waals surface area contributed by atoms with Crippen LogP contribution in [0.4, 0.5) is 0 Å². The molecule has 2 rings (SSSR count). The molecule has 1 unspecified atom stereocenters. The van der Waals surface area contributed by atoms with Gasteiger partial charge in [0.25, 0.3) is 5.89 Å². The number of methoxy groups -OCH3 is 1. The Labute approximate surface area is 113 Å². The van der Waals surface area contributed by atoms with Crippen molar-refractivity contribution in [1.82, 2.24) is 15.1 Å². The normalized spacial score (nSPS) is 14.4. The molecule has 0 spiro atoms. The molecular weight excluding hydrogens is 300 g/mol. The van der Waals surface area contributed by atoms with E-state index in [0.717, 1.165) is 10.0 Å². The largest absolute Gasteiger partial charge is 0.382 e. The number of nitrogens with two attached hydrogens (primary N) is 1. The molecule has 1 atom stereocenters. The van der Waals surface area contributed by atoms with E-state index in [9.17, 15) is 0 Å². The Balaban J connectivity index is 2.31. The summed E-state index contributed by atoms with van der Waals surface area (Å²) in [5, 5.41) is 3.88. The number of rotatable bonds is 4. The molecule has 0 saturated carbocycles. The maximum atomic E-state index is 6.03. The topological polar surface area (TPSA) is 87.1 Å². The Kier molecular flexibility index (Phi) is 3.74. The van der Waals surface area contributed by atoms with Crippen LogP contribution in [0.3, 0.4) is 0 Å². The number of hydrogen-bond donors (Lipinski definition) is 1. The lowest BCUT2D eigenvalue weighted by Gasteiger charge is -2.18. The van der Waals surface area contributed by atoms with E-state index in [1.807, 2.05) is 6.07 Å². The minimum atomic E-state index is -0.782. The molecular formula is C11H13BrN4O2. The van der Waals surface area contributed by atoms with Gasteiger partial charge in [-0.25, -0.2) is 0 Å². The lowest BCUT2D eigenvalue weighted by molar-refractivity contribution is 0.135. The molecule has 6 nitrogen and oxygen atoms in total. The van der Waals surface area contributed by atoms with Crippen molar-refractivity contribution in [3.05, 3.63) is 28.8 Å². The summed E-state index contributed by atoms with van der Waals surface area (Å²) in [4.78, 5) is 8.31. The van der Waals surface area contributed by atoms with E-state index in [1.54, 1.807) is 26.4 Å². The maximum absolute atomic E-state index is 6.03. The van der Waals surface area contributed by atoms with Gasteiger partial charge < -0.3 is 15.0 Å². The van der Waals surface area contributed by atoms with Crippen LogP contribution in [0, 0.1) is 0 Å². The molecule has 0 fully saturated rings. The minimum Gasteiger partial charge on any atom is -0.382 e. The first-order valence-corrected chi connectivity index (χ1v) is 6.05. The van der Waals surface area contributed by atoms with Gasteiger partial charge in [0.15, 0.2) is 5.82 Å². The lowest BCUT2D eigenvalue weighted by atomic mass is 10.1. The zero-order chi connectivity index (χ0) is 13.2. The molecule has 0 aliphatic carbocycles. The van der Waals surface area contributed by atoms with E-state index >= 15 is 0 Å². The fraction of sp³-hybridized carbons (Fsp3) is 0.364. The Morgan fingerprint density at radius 2 is 2.28 bits per heavy atom. The Morgan fingerprint density at radius 3 is 2.94 bits per heavy atom. The van der Waals surface area contributed by atoms with Crippen LogP contribution < -0.4 is 5.73 Å². The van der Waals surface area contributed by atoms with E-state index < -0.39 is 5.54 Å². The van der Waals surface area contributed by atoms with E-state index in [0.29, 0.717) is 18.3 Å². The number of pyridine rings is 1. The van der Waals surface area contributed by atoms with Crippen LogP contribution >= 0.6 is 15.9 Å². The molecule has 0 radical (unpaired) electrons. The van der Waals surface area contributed by atoms with Crippen molar-refractivity contribution >= 4 is 15.9 Å². The summed E-state index contributed by atoms with van der Waals surface area (Å²) in [6.07, 6.45) is 3.32.